The monoisotopic (exact) mass is 503 g/mol. The third-order valence-electron chi connectivity index (χ3n) is 6.14. The van der Waals surface area contributed by atoms with Gasteiger partial charge < -0.3 is 35.2 Å². The summed E-state index contributed by atoms with van der Waals surface area (Å²) in [4.78, 5) is 40.4. The minimum atomic E-state index is -4.95. The molecule has 3 aliphatic rings. The van der Waals surface area contributed by atoms with Gasteiger partial charge in [-0.3, -0.25) is 0 Å². The Kier molecular flexibility index (Phi) is 6.56. The lowest BCUT2D eigenvalue weighted by Gasteiger charge is -2.46. The summed E-state index contributed by atoms with van der Waals surface area (Å²) in [5, 5.41) is 7.76. The van der Waals surface area contributed by atoms with E-state index in [0.29, 0.717) is 12.5 Å². The third kappa shape index (κ3) is 5.80. The molecule has 2 atom stereocenters. The number of alkyl halides is 3. The van der Waals surface area contributed by atoms with Crippen LogP contribution in [0.15, 0.2) is 18.2 Å². The number of benzene rings is 1. The van der Waals surface area contributed by atoms with Crippen molar-refractivity contribution >= 4 is 18.2 Å². The van der Waals surface area contributed by atoms with E-state index in [1.54, 1.807) is 4.90 Å². The van der Waals surface area contributed by atoms with Crippen LogP contribution in [0.4, 0.5) is 31.9 Å². The number of amides is 5. The van der Waals surface area contributed by atoms with Crippen molar-refractivity contribution in [1.82, 2.24) is 25.8 Å². The van der Waals surface area contributed by atoms with Crippen molar-refractivity contribution < 1.29 is 41.4 Å². The molecule has 2 heterocycles. The molecule has 1 unspecified atom stereocenters. The van der Waals surface area contributed by atoms with Gasteiger partial charge in [0.25, 0.3) is 0 Å². The lowest BCUT2D eigenvalue weighted by molar-refractivity contribution is -0.274. The number of carbonyl (C=O) groups is 3. The molecule has 0 radical (unpaired) electrons. The third-order valence-corrected chi connectivity index (χ3v) is 6.14. The molecule has 2 saturated heterocycles. The minimum absolute atomic E-state index is 0.0235. The second kappa shape index (κ2) is 9.30. The number of hydrogen-bond donors (Lipinski definition) is 3. The molecule has 1 aromatic carbocycles. The predicted molar refractivity (Wildman–Crippen MR) is 112 cm³/mol. The molecule has 4 rings (SSSR count). The first-order valence-corrected chi connectivity index (χ1v) is 11.0. The zero-order chi connectivity index (χ0) is 25.4. The average Bonchev–Trinajstić information content (AvgIpc) is 3.54. The van der Waals surface area contributed by atoms with E-state index in [1.807, 2.05) is 0 Å². The smallest absolute Gasteiger partial charge is 0.439 e. The highest BCUT2D eigenvalue weighted by Crippen LogP contribution is 2.36. The second-order valence-corrected chi connectivity index (χ2v) is 8.82. The van der Waals surface area contributed by atoms with E-state index in [2.05, 4.69) is 20.7 Å². The summed E-state index contributed by atoms with van der Waals surface area (Å²) in [5.41, 5.74) is -1.01. The molecule has 3 N–H and O–H groups in total. The van der Waals surface area contributed by atoms with Crippen molar-refractivity contribution in [2.75, 3.05) is 26.7 Å². The van der Waals surface area contributed by atoms with Crippen LogP contribution in [0, 0.1) is 5.82 Å². The number of nitrogens with zero attached hydrogens (tertiary/aromatic N) is 2. The van der Waals surface area contributed by atoms with Gasteiger partial charge in [-0.1, -0.05) is 6.07 Å². The van der Waals surface area contributed by atoms with Gasteiger partial charge >= 0.3 is 24.5 Å². The molecular weight excluding hydrogens is 478 g/mol. The van der Waals surface area contributed by atoms with E-state index in [4.69, 9.17) is 4.74 Å². The number of piperidine rings is 1. The average molecular weight is 503 g/mol. The molecule has 1 aliphatic carbocycles. The first kappa shape index (κ1) is 24.7. The Hall–Kier alpha value is -3.45. The Morgan fingerprint density at radius 1 is 1.31 bits per heavy atom. The second-order valence-electron chi connectivity index (χ2n) is 8.82. The van der Waals surface area contributed by atoms with Gasteiger partial charge in [-0.15, -0.1) is 13.2 Å². The largest absolute Gasteiger partial charge is 0.573 e. The minimum Gasteiger partial charge on any atom is -0.439 e. The standard InChI is InChI=1S/C21H25F4N5O5/c1-26-17(31)29-9-14(7-20(11-29)10-28-19(33)35-20)30(13-3-4-13)18(32)27-8-12-2-5-15(6-16(12)22)34-21(23,24)25/h2,5-6,13-14H,3-4,7-11H2,1H3,(H,26,31)(H,27,32)(H,28,33)/t14-,20?/m1/s1. The summed E-state index contributed by atoms with van der Waals surface area (Å²) in [5.74, 6) is -1.66. The normalized spacial score (nSPS) is 24.0. The van der Waals surface area contributed by atoms with Gasteiger partial charge in [0.1, 0.15) is 11.6 Å². The summed E-state index contributed by atoms with van der Waals surface area (Å²) in [6.45, 7) is 0.293. The number of rotatable bonds is 5. The van der Waals surface area contributed by atoms with E-state index in [1.165, 1.54) is 11.9 Å². The topological polar surface area (TPSA) is 112 Å². The van der Waals surface area contributed by atoms with Crippen molar-refractivity contribution in [3.05, 3.63) is 29.6 Å². The lowest BCUT2D eigenvalue weighted by atomic mass is 9.89. The summed E-state index contributed by atoms with van der Waals surface area (Å²) in [7, 11) is 1.47. The molecule has 10 nitrogen and oxygen atoms in total. The van der Waals surface area contributed by atoms with Crippen molar-refractivity contribution in [2.45, 2.75) is 49.9 Å². The van der Waals surface area contributed by atoms with E-state index in [0.717, 1.165) is 25.0 Å². The fourth-order valence-corrected chi connectivity index (χ4v) is 4.54. The van der Waals surface area contributed by atoms with Crippen LogP contribution < -0.4 is 20.7 Å². The van der Waals surface area contributed by atoms with Crippen LogP contribution in [-0.4, -0.2) is 78.7 Å². The summed E-state index contributed by atoms with van der Waals surface area (Å²) < 4.78 is 60.5. The highest BCUT2D eigenvalue weighted by Gasteiger charge is 2.51. The number of alkyl carbamates (subject to hydrolysis) is 1. The molecule has 3 fully saturated rings. The first-order valence-electron chi connectivity index (χ1n) is 11.0. The fourth-order valence-electron chi connectivity index (χ4n) is 4.54. The SMILES string of the molecule is CNC(=O)N1C[C@H](N(C(=O)NCc2ccc(OC(F)(F)F)cc2F)C2CC2)CC2(CNC(=O)O2)C1. The summed E-state index contributed by atoms with van der Waals surface area (Å²) >= 11 is 0. The number of urea groups is 2. The number of carbonyl (C=O) groups excluding carboxylic acids is 3. The molecule has 192 valence electrons. The molecule has 14 heteroatoms. The van der Waals surface area contributed by atoms with Crippen LogP contribution in [0.25, 0.3) is 0 Å². The molecule has 1 spiro atoms. The fraction of sp³-hybridized carbons (Fsp3) is 0.571. The van der Waals surface area contributed by atoms with Gasteiger partial charge in [0, 0.05) is 44.2 Å². The Morgan fingerprint density at radius 3 is 2.63 bits per heavy atom. The van der Waals surface area contributed by atoms with E-state index in [-0.39, 0.29) is 43.8 Å². The maximum Gasteiger partial charge on any atom is 0.573 e. The van der Waals surface area contributed by atoms with Gasteiger partial charge in [0.15, 0.2) is 5.60 Å². The van der Waals surface area contributed by atoms with E-state index in [9.17, 15) is 31.9 Å². The molecule has 5 amide bonds. The van der Waals surface area contributed by atoms with Crippen LogP contribution in [0.1, 0.15) is 24.8 Å². The number of hydrogen-bond acceptors (Lipinski definition) is 5. The van der Waals surface area contributed by atoms with Gasteiger partial charge in [0.05, 0.1) is 19.1 Å². The molecule has 35 heavy (non-hydrogen) atoms. The van der Waals surface area contributed by atoms with Crippen molar-refractivity contribution in [3.63, 3.8) is 0 Å². The number of ether oxygens (including phenoxy) is 2. The zero-order valence-electron chi connectivity index (χ0n) is 18.8. The van der Waals surface area contributed by atoms with Gasteiger partial charge in [-0.2, -0.15) is 0 Å². The molecule has 2 aliphatic heterocycles. The lowest BCUT2D eigenvalue weighted by Crippen LogP contribution is -2.64. The Labute approximate surface area is 197 Å². The van der Waals surface area contributed by atoms with Crippen molar-refractivity contribution in [2.24, 2.45) is 0 Å². The van der Waals surface area contributed by atoms with Crippen LogP contribution in [0.3, 0.4) is 0 Å². The maximum absolute atomic E-state index is 14.3. The number of likely N-dealkylation sites (tertiary alicyclic amines) is 1. The summed E-state index contributed by atoms with van der Waals surface area (Å²) in [6, 6.07) is 1.19. The number of halogens is 4. The first-order chi connectivity index (χ1) is 16.5. The van der Waals surface area contributed by atoms with Gasteiger partial charge in [-0.05, 0) is 18.9 Å². The van der Waals surface area contributed by atoms with Gasteiger partial charge in [0.2, 0.25) is 0 Å². The highest BCUT2D eigenvalue weighted by molar-refractivity contribution is 5.77. The van der Waals surface area contributed by atoms with Crippen LogP contribution in [0.2, 0.25) is 0 Å². The maximum atomic E-state index is 14.3. The Balaban J connectivity index is 1.46. The number of nitrogens with one attached hydrogen (secondary N) is 3. The van der Waals surface area contributed by atoms with E-state index < -0.39 is 41.7 Å². The predicted octanol–water partition coefficient (Wildman–Crippen LogP) is 2.29. The Bertz CT molecular complexity index is 1000. The van der Waals surface area contributed by atoms with Crippen LogP contribution >= 0.6 is 0 Å². The molecule has 0 bridgehead atoms. The molecule has 1 saturated carbocycles. The quantitative estimate of drug-likeness (QED) is 0.534. The summed E-state index contributed by atoms with van der Waals surface area (Å²) in [6.07, 6.45) is -3.75. The Morgan fingerprint density at radius 2 is 2.06 bits per heavy atom. The van der Waals surface area contributed by atoms with Crippen molar-refractivity contribution in [3.8, 4) is 5.75 Å². The van der Waals surface area contributed by atoms with E-state index >= 15 is 0 Å². The highest BCUT2D eigenvalue weighted by atomic mass is 19.4. The van der Waals surface area contributed by atoms with Crippen molar-refractivity contribution in [1.29, 1.82) is 0 Å². The van der Waals surface area contributed by atoms with Crippen LogP contribution in [-0.2, 0) is 11.3 Å². The molecule has 1 aromatic rings. The zero-order valence-corrected chi connectivity index (χ0v) is 18.8. The van der Waals surface area contributed by atoms with Gasteiger partial charge in [-0.25, -0.2) is 18.8 Å². The molecule has 0 aromatic heterocycles. The van der Waals surface area contributed by atoms with Crippen LogP contribution in [0.5, 0.6) is 5.75 Å². The molecular formula is C21H25F4N5O5.